The van der Waals surface area contributed by atoms with Crippen molar-refractivity contribution < 1.29 is 4.42 Å². The van der Waals surface area contributed by atoms with Gasteiger partial charge in [-0.2, -0.15) is 0 Å². The lowest BCUT2D eigenvalue weighted by molar-refractivity contribution is 0.0974. The van der Waals surface area contributed by atoms with E-state index in [1.165, 1.54) is 12.8 Å². The normalized spacial score (nSPS) is 24.9. The molecule has 1 saturated heterocycles. The fraction of sp³-hybridized carbons (Fsp3) is 0.533. The van der Waals surface area contributed by atoms with Crippen LogP contribution < -0.4 is 5.73 Å². The highest BCUT2D eigenvalue weighted by Crippen LogP contribution is 2.25. The Morgan fingerprint density at radius 3 is 3.11 bits per heavy atom. The monoisotopic (exact) mass is 259 g/mol. The van der Waals surface area contributed by atoms with Crippen LogP contribution >= 0.6 is 0 Å². The van der Waals surface area contributed by atoms with Gasteiger partial charge in [0.05, 0.1) is 6.54 Å². The van der Waals surface area contributed by atoms with Crippen molar-refractivity contribution in [2.75, 3.05) is 12.3 Å². The molecule has 2 atom stereocenters. The molecule has 1 aliphatic heterocycles. The summed E-state index contributed by atoms with van der Waals surface area (Å²) in [5.74, 6) is 1.54. The molecule has 1 aromatic carbocycles. The molecule has 1 aliphatic rings. The third-order valence-electron chi connectivity index (χ3n) is 4.30. The molecule has 4 nitrogen and oxygen atoms in total. The Morgan fingerprint density at radius 2 is 2.26 bits per heavy atom. The highest BCUT2D eigenvalue weighted by atomic mass is 16.3. The maximum Gasteiger partial charge on any atom is 0.209 e. The quantitative estimate of drug-likeness (QED) is 0.842. The van der Waals surface area contributed by atoms with Crippen LogP contribution in [0.4, 0.5) is 5.69 Å². The van der Waals surface area contributed by atoms with Gasteiger partial charge in [0.15, 0.2) is 5.58 Å². The minimum absolute atomic E-state index is 0.592. The number of rotatable bonds is 2. The van der Waals surface area contributed by atoms with E-state index in [0.29, 0.717) is 6.04 Å². The van der Waals surface area contributed by atoms with Gasteiger partial charge in [0.1, 0.15) is 5.52 Å². The van der Waals surface area contributed by atoms with E-state index >= 15 is 0 Å². The predicted octanol–water partition coefficient (Wildman–Crippen LogP) is 3.03. The van der Waals surface area contributed by atoms with E-state index in [9.17, 15) is 0 Å². The zero-order chi connectivity index (χ0) is 13.4. The zero-order valence-corrected chi connectivity index (χ0v) is 11.6. The fourth-order valence-electron chi connectivity index (χ4n) is 2.87. The molecule has 0 radical (unpaired) electrons. The molecular formula is C15H21N3O. The van der Waals surface area contributed by atoms with Gasteiger partial charge in [-0.15, -0.1) is 0 Å². The van der Waals surface area contributed by atoms with E-state index in [4.69, 9.17) is 10.2 Å². The second kappa shape index (κ2) is 4.85. The predicted molar refractivity (Wildman–Crippen MR) is 76.7 cm³/mol. The maximum atomic E-state index is 5.80. The number of hydrogen-bond acceptors (Lipinski definition) is 4. The summed E-state index contributed by atoms with van der Waals surface area (Å²) in [6.07, 6.45) is 2.58. The second-order valence-corrected chi connectivity index (χ2v) is 5.67. The van der Waals surface area contributed by atoms with Crippen molar-refractivity contribution in [3.05, 3.63) is 24.1 Å². The van der Waals surface area contributed by atoms with E-state index < -0.39 is 0 Å². The van der Waals surface area contributed by atoms with Gasteiger partial charge >= 0.3 is 0 Å². The third kappa shape index (κ3) is 2.45. The van der Waals surface area contributed by atoms with Crippen LogP contribution in [-0.2, 0) is 6.54 Å². The molecule has 0 saturated carbocycles. The standard InChI is InChI=1S/C15H21N3O/c1-10-4-3-7-18(11(10)2)9-15-17-13-6-5-12(16)8-14(13)19-15/h5-6,8,10-11H,3-4,7,9,16H2,1-2H3. The first-order valence-corrected chi connectivity index (χ1v) is 7.02. The number of anilines is 1. The molecule has 3 rings (SSSR count). The van der Waals surface area contributed by atoms with Crippen molar-refractivity contribution >= 4 is 16.8 Å². The Kier molecular flexibility index (Phi) is 3.19. The Morgan fingerprint density at radius 1 is 1.42 bits per heavy atom. The Bertz CT molecular complexity index is 578. The first-order valence-electron chi connectivity index (χ1n) is 7.02. The topological polar surface area (TPSA) is 55.3 Å². The number of nitrogen functional groups attached to an aromatic ring is 1. The highest BCUT2D eigenvalue weighted by Gasteiger charge is 2.25. The number of nitrogens with two attached hydrogens (primary N) is 1. The number of fused-ring (bicyclic) bond motifs is 1. The number of hydrogen-bond donors (Lipinski definition) is 1. The smallest absolute Gasteiger partial charge is 0.209 e. The molecule has 4 heteroatoms. The number of nitrogens with zero attached hydrogens (tertiary/aromatic N) is 2. The van der Waals surface area contributed by atoms with E-state index in [-0.39, 0.29) is 0 Å². The molecule has 0 bridgehead atoms. The van der Waals surface area contributed by atoms with E-state index in [0.717, 1.165) is 41.7 Å². The molecule has 2 N–H and O–H groups in total. The first-order chi connectivity index (χ1) is 9.13. The van der Waals surface area contributed by atoms with Crippen LogP contribution in [-0.4, -0.2) is 22.5 Å². The van der Waals surface area contributed by atoms with Crippen LogP contribution in [0.15, 0.2) is 22.6 Å². The molecule has 2 aromatic rings. The van der Waals surface area contributed by atoms with E-state index in [2.05, 4.69) is 23.7 Å². The SMILES string of the molecule is CC1CCCN(Cc2nc3ccc(N)cc3o2)C1C. The van der Waals surface area contributed by atoms with Crippen molar-refractivity contribution in [2.45, 2.75) is 39.3 Å². The van der Waals surface area contributed by atoms with Crippen LogP contribution in [0.3, 0.4) is 0 Å². The molecule has 0 spiro atoms. The van der Waals surface area contributed by atoms with Crippen molar-refractivity contribution in [2.24, 2.45) is 5.92 Å². The average Bonchev–Trinajstić information content (AvgIpc) is 2.76. The molecule has 1 aromatic heterocycles. The van der Waals surface area contributed by atoms with E-state index in [1.54, 1.807) is 0 Å². The van der Waals surface area contributed by atoms with Gasteiger partial charge in [-0.25, -0.2) is 4.98 Å². The molecule has 0 aliphatic carbocycles. The first kappa shape index (κ1) is 12.5. The molecule has 1 fully saturated rings. The largest absolute Gasteiger partial charge is 0.439 e. The Balaban J connectivity index is 1.81. The van der Waals surface area contributed by atoms with Gasteiger partial charge in [-0.05, 0) is 44.4 Å². The van der Waals surface area contributed by atoms with Crippen molar-refractivity contribution in [1.29, 1.82) is 0 Å². The average molecular weight is 259 g/mol. The van der Waals surface area contributed by atoms with Gasteiger partial charge in [0.25, 0.3) is 0 Å². The lowest BCUT2D eigenvalue weighted by atomic mass is 9.92. The molecular weight excluding hydrogens is 238 g/mol. The molecule has 2 unspecified atom stereocenters. The summed E-state index contributed by atoms with van der Waals surface area (Å²) < 4.78 is 5.80. The lowest BCUT2D eigenvalue weighted by Crippen LogP contribution is -2.41. The maximum absolute atomic E-state index is 5.80. The zero-order valence-electron chi connectivity index (χ0n) is 11.6. The van der Waals surface area contributed by atoms with Crippen molar-refractivity contribution in [3.8, 4) is 0 Å². The Hall–Kier alpha value is -1.55. The van der Waals surface area contributed by atoms with Crippen LogP contribution in [0.2, 0.25) is 0 Å². The number of benzene rings is 1. The number of piperidine rings is 1. The van der Waals surface area contributed by atoms with E-state index in [1.807, 2.05) is 18.2 Å². The van der Waals surface area contributed by atoms with Gasteiger partial charge < -0.3 is 10.2 Å². The minimum atomic E-state index is 0.592. The summed E-state index contributed by atoms with van der Waals surface area (Å²) in [4.78, 5) is 7.00. The minimum Gasteiger partial charge on any atom is -0.439 e. The lowest BCUT2D eigenvalue weighted by Gasteiger charge is -2.37. The van der Waals surface area contributed by atoms with Crippen molar-refractivity contribution in [1.82, 2.24) is 9.88 Å². The summed E-state index contributed by atoms with van der Waals surface area (Å²) in [6.45, 7) is 6.54. The fourth-order valence-corrected chi connectivity index (χ4v) is 2.87. The second-order valence-electron chi connectivity index (χ2n) is 5.67. The Labute approximate surface area is 113 Å². The summed E-state index contributed by atoms with van der Waals surface area (Å²) in [7, 11) is 0. The summed E-state index contributed by atoms with van der Waals surface area (Å²) in [6, 6.07) is 6.21. The molecule has 0 amide bonds. The highest BCUT2D eigenvalue weighted by molar-refractivity contribution is 5.76. The van der Waals surface area contributed by atoms with Gasteiger partial charge in [-0.3, -0.25) is 4.90 Å². The van der Waals surface area contributed by atoms with Crippen LogP contribution in [0.5, 0.6) is 0 Å². The number of likely N-dealkylation sites (tertiary alicyclic amines) is 1. The summed E-state index contributed by atoms with van der Waals surface area (Å²) >= 11 is 0. The molecule has 2 heterocycles. The number of oxazole rings is 1. The van der Waals surface area contributed by atoms with Gasteiger partial charge in [-0.1, -0.05) is 6.92 Å². The van der Waals surface area contributed by atoms with Gasteiger partial charge in [0.2, 0.25) is 5.89 Å². The number of aromatic nitrogens is 1. The van der Waals surface area contributed by atoms with Crippen LogP contribution in [0.1, 0.15) is 32.6 Å². The van der Waals surface area contributed by atoms with Crippen LogP contribution in [0.25, 0.3) is 11.1 Å². The molecule has 102 valence electrons. The molecule has 19 heavy (non-hydrogen) atoms. The van der Waals surface area contributed by atoms with Crippen LogP contribution in [0, 0.1) is 5.92 Å². The van der Waals surface area contributed by atoms with Gasteiger partial charge in [0, 0.05) is 17.8 Å². The third-order valence-corrected chi connectivity index (χ3v) is 4.30. The van der Waals surface area contributed by atoms with Crippen molar-refractivity contribution in [3.63, 3.8) is 0 Å². The summed E-state index contributed by atoms with van der Waals surface area (Å²) in [5, 5.41) is 0. The summed E-state index contributed by atoms with van der Waals surface area (Å²) in [5.41, 5.74) is 8.15.